The minimum absolute atomic E-state index is 0.557. The van der Waals surface area contributed by atoms with E-state index in [1.54, 1.807) is 11.0 Å². The number of nitrogens with zero attached hydrogens (tertiary/aromatic N) is 3. The molecule has 1 aromatic carbocycles. The van der Waals surface area contributed by atoms with Crippen molar-refractivity contribution < 1.29 is 9.84 Å². The summed E-state index contributed by atoms with van der Waals surface area (Å²) in [5, 5.41) is 15.7. The Labute approximate surface area is 147 Å². The minimum Gasteiger partial charge on any atom is -0.384 e. The van der Waals surface area contributed by atoms with Gasteiger partial charge in [-0.3, -0.25) is 0 Å². The predicted molar refractivity (Wildman–Crippen MR) is 96.6 cm³/mol. The molecule has 130 valence electrons. The Morgan fingerprint density at radius 2 is 2.17 bits per heavy atom. The van der Waals surface area contributed by atoms with Crippen molar-refractivity contribution in [1.29, 1.82) is 0 Å². The van der Waals surface area contributed by atoms with Crippen LogP contribution in [0.1, 0.15) is 39.2 Å². The van der Waals surface area contributed by atoms with E-state index in [1.165, 1.54) is 6.33 Å². The summed E-state index contributed by atoms with van der Waals surface area (Å²) >= 11 is 6.25. The first-order valence-corrected chi connectivity index (χ1v) is 8.46. The van der Waals surface area contributed by atoms with Gasteiger partial charge >= 0.3 is 0 Å². The van der Waals surface area contributed by atoms with E-state index >= 15 is 0 Å². The third kappa shape index (κ3) is 4.66. The Balaban J connectivity index is 2.35. The molecule has 2 aromatic rings. The second-order valence-corrected chi connectivity index (χ2v) is 6.55. The topological polar surface area (TPSA) is 60.2 Å². The van der Waals surface area contributed by atoms with Crippen molar-refractivity contribution in [3.63, 3.8) is 0 Å². The molecule has 0 saturated carbocycles. The average molecular weight is 350 g/mol. The zero-order valence-corrected chi connectivity index (χ0v) is 15.1. The van der Waals surface area contributed by atoms with Crippen LogP contribution in [0.5, 0.6) is 0 Å². The number of hydrogen-bond acceptors (Lipinski definition) is 4. The van der Waals surface area contributed by atoms with Gasteiger partial charge in [-0.15, -0.1) is 0 Å². The molecule has 0 fully saturated rings. The van der Waals surface area contributed by atoms with Crippen LogP contribution in [-0.4, -0.2) is 38.2 Å². The predicted octanol–water partition coefficient (Wildman–Crippen LogP) is 3.89. The molecule has 0 aliphatic heterocycles. The Morgan fingerprint density at radius 3 is 2.79 bits per heavy atom. The molecule has 1 heterocycles. The maximum absolute atomic E-state index is 10.9. The summed E-state index contributed by atoms with van der Waals surface area (Å²) in [5.74, 6) is 0. The van der Waals surface area contributed by atoms with Crippen molar-refractivity contribution in [2.45, 2.75) is 45.3 Å². The van der Waals surface area contributed by atoms with Gasteiger partial charge in [-0.1, -0.05) is 43.1 Å². The molecule has 0 spiro atoms. The molecule has 1 N–H and O–H groups in total. The van der Waals surface area contributed by atoms with E-state index in [9.17, 15) is 5.11 Å². The molecule has 2 rings (SSSR count). The van der Waals surface area contributed by atoms with Gasteiger partial charge < -0.3 is 9.84 Å². The van der Waals surface area contributed by atoms with E-state index < -0.39 is 11.7 Å². The number of aliphatic hydroxyl groups is 1. The highest BCUT2D eigenvalue weighted by Gasteiger charge is 2.33. The molecule has 5 nitrogen and oxygen atoms in total. The van der Waals surface area contributed by atoms with Crippen molar-refractivity contribution in [2.75, 3.05) is 6.61 Å². The van der Waals surface area contributed by atoms with E-state index in [0.29, 0.717) is 17.3 Å². The highest BCUT2D eigenvalue weighted by atomic mass is 35.5. The fourth-order valence-electron chi connectivity index (χ4n) is 2.28. The molecule has 0 saturated heterocycles. The third-order valence-corrected chi connectivity index (χ3v) is 4.15. The highest BCUT2D eigenvalue weighted by molar-refractivity contribution is 6.32. The third-order valence-electron chi connectivity index (χ3n) is 3.80. The van der Waals surface area contributed by atoms with Gasteiger partial charge in [0.05, 0.1) is 11.3 Å². The highest BCUT2D eigenvalue weighted by Crippen LogP contribution is 2.28. The molecular formula is C18H24ClN3O2. The van der Waals surface area contributed by atoms with Gasteiger partial charge in [0.1, 0.15) is 18.8 Å². The monoisotopic (exact) mass is 349 g/mol. The van der Waals surface area contributed by atoms with E-state index in [2.05, 4.69) is 17.0 Å². The number of halogens is 1. The van der Waals surface area contributed by atoms with Crippen LogP contribution in [0.25, 0.3) is 11.8 Å². The van der Waals surface area contributed by atoms with Crippen molar-refractivity contribution in [3.05, 3.63) is 47.5 Å². The Morgan fingerprint density at radius 1 is 1.42 bits per heavy atom. The normalized spacial score (nSPS) is 14.0. The van der Waals surface area contributed by atoms with Crippen LogP contribution >= 0.6 is 11.6 Å². The van der Waals surface area contributed by atoms with Crippen molar-refractivity contribution in [1.82, 2.24) is 14.8 Å². The minimum atomic E-state index is -0.896. The summed E-state index contributed by atoms with van der Waals surface area (Å²) in [6.45, 7) is 6.43. The summed E-state index contributed by atoms with van der Waals surface area (Å²) in [6, 6.07) is 7.45. The molecule has 24 heavy (non-hydrogen) atoms. The van der Waals surface area contributed by atoms with Crippen molar-refractivity contribution in [3.8, 4) is 0 Å². The number of ether oxygens (including phenoxy) is 1. The molecule has 1 unspecified atom stereocenters. The number of hydrogen-bond donors (Lipinski definition) is 1. The van der Waals surface area contributed by atoms with Gasteiger partial charge in [0.2, 0.25) is 0 Å². The van der Waals surface area contributed by atoms with Gasteiger partial charge in [-0.05, 0) is 38.0 Å². The lowest BCUT2D eigenvalue weighted by Crippen LogP contribution is -2.41. The van der Waals surface area contributed by atoms with E-state index in [-0.39, 0.29) is 0 Å². The zero-order valence-electron chi connectivity index (χ0n) is 14.3. The number of aliphatic hydroxyl groups excluding tert-OH is 1. The maximum Gasteiger partial charge on any atom is 0.138 e. The fraction of sp³-hybridized carbons (Fsp3) is 0.444. The largest absolute Gasteiger partial charge is 0.384 e. The molecule has 0 aliphatic rings. The smallest absolute Gasteiger partial charge is 0.138 e. The fourth-order valence-corrected chi connectivity index (χ4v) is 2.47. The molecule has 0 amide bonds. The summed E-state index contributed by atoms with van der Waals surface area (Å²) in [5.41, 5.74) is 0.587. The molecule has 6 heteroatoms. The van der Waals surface area contributed by atoms with Gasteiger partial charge in [-0.2, -0.15) is 5.10 Å². The number of rotatable bonds is 8. The first-order valence-electron chi connectivity index (χ1n) is 8.09. The first-order chi connectivity index (χ1) is 11.5. The van der Waals surface area contributed by atoms with Crippen LogP contribution in [-0.2, 0) is 4.74 Å². The first kappa shape index (κ1) is 18.6. The summed E-state index contributed by atoms with van der Waals surface area (Å²) in [7, 11) is 0. The van der Waals surface area contributed by atoms with Crippen molar-refractivity contribution in [2.24, 2.45) is 0 Å². The van der Waals surface area contributed by atoms with Crippen molar-refractivity contribution >= 4 is 23.4 Å². The maximum atomic E-state index is 10.9. The Bertz CT molecular complexity index is 669. The van der Waals surface area contributed by atoms with Crippen LogP contribution in [0.3, 0.4) is 0 Å². The van der Waals surface area contributed by atoms with Crippen LogP contribution < -0.4 is 0 Å². The molecule has 1 atom stereocenters. The molecular weight excluding hydrogens is 326 g/mol. The molecule has 0 radical (unpaired) electrons. The van der Waals surface area contributed by atoms with E-state index in [1.807, 2.05) is 44.2 Å². The second kappa shape index (κ2) is 8.42. The Hall–Kier alpha value is -1.69. The zero-order chi connectivity index (χ0) is 17.6. The number of benzene rings is 1. The van der Waals surface area contributed by atoms with Gasteiger partial charge in [0.25, 0.3) is 0 Å². The van der Waals surface area contributed by atoms with E-state index in [0.717, 1.165) is 18.4 Å². The molecule has 0 bridgehead atoms. The lowest BCUT2D eigenvalue weighted by molar-refractivity contribution is -0.0809. The lowest BCUT2D eigenvalue weighted by Gasteiger charge is -2.32. The lowest BCUT2D eigenvalue weighted by atomic mass is 9.97. The van der Waals surface area contributed by atoms with Crippen LogP contribution in [0.4, 0.5) is 0 Å². The van der Waals surface area contributed by atoms with Gasteiger partial charge in [0, 0.05) is 11.6 Å². The van der Waals surface area contributed by atoms with Gasteiger partial charge in [-0.25, -0.2) is 9.67 Å². The number of aromatic nitrogens is 3. The van der Waals surface area contributed by atoms with E-state index in [4.69, 9.17) is 16.3 Å². The average Bonchev–Trinajstić information content (AvgIpc) is 3.08. The van der Waals surface area contributed by atoms with Crippen LogP contribution in [0, 0.1) is 0 Å². The second-order valence-electron chi connectivity index (χ2n) is 6.14. The molecule has 1 aromatic heterocycles. The molecule has 0 aliphatic carbocycles. The number of unbranched alkanes of at least 4 members (excludes halogenated alkanes) is 1. The summed E-state index contributed by atoms with van der Waals surface area (Å²) in [4.78, 5) is 3.97. The van der Waals surface area contributed by atoms with Crippen LogP contribution in [0.15, 0.2) is 36.9 Å². The van der Waals surface area contributed by atoms with Crippen LogP contribution in [0.2, 0.25) is 5.02 Å². The Kier molecular flexibility index (Phi) is 6.54. The van der Waals surface area contributed by atoms with Gasteiger partial charge in [0.15, 0.2) is 0 Å². The summed E-state index contributed by atoms with van der Waals surface area (Å²) in [6.07, 6.45) is 5.88. The SMILES string of the molecule is CCCCOC(C)(C)C(O)C(=Cc1ccccc1Cl)n1cncn1. The standard InChI is InChI=1S/C18H24ClN3O2/c1-4-5-10-24-18(2,3)17(23)16(22-13-20-12-21-22)11-14-8-6-7-9-15(14)19/h6-9,11-13,17,23H,4-5,10H2,1-3H3. The quantitative estimate of drug-likeness (QED) is 0.734. The summed E-state index contributed by atoms with van der Waals surface area (Å²) < 4.78 is 7.43.